The number of pyridine rings is 1. The number of nitrogens with zero attached hydrogens (tertiary/aromatic N) is 1. The van der Waals surface area contributed by atoms with Crippen LogP contribution in [0, 0.1) is 5.82 Å². The van der Waals surface area contributed by atoms with E-state index in [9.17, 15) is 4.39 Å². The van der Waals surface area contributed by atoms with Gasteiger partial charge in [-0.3, -0.25) is 0 Å². The molecule has 0 radical (unpaired) electrons. The van der Waals surface area contributed by atoms with Gasteiger partial charge in [-0.15, -0.1) is 0 Å². The van der Waals surface area contributed by atoms with Crippen LogP contribution in [0.15, 0.2) is 97.1 Å². The van der Waals surface area contributed by atoms with E-state index in [2.05, 4.69) is 48.5 Å². The summed E-state index contributed by atoms with van der Waals surface area (Å²) >= 11 is 0. The largest absolute Gasteiger partial charge is 0.246 e. The smallest absolute Gasteiger partial charge is 0.123 e. The quantitative estimate of drug-likeness (QED) is 0.215. The summed E-state index contributed by atoms with van der Waals surface area (Å²) in [6.45, 7) is 0. The first-order valence-corrected chi connectivity index (χ1v) is 9.68. The fourth-order valence-corrected chi connectivity index (χ4v) is 4.34. The van der Waals surface area contributed by atoms with E-state index in [1.54, 1.807) is 0 Å². The SMILES string of the molecule is Fc1ccc(-c2c3ccc4ccccc4c3nc3c2ccc2ccccc23)cc1. The van der Waals surface area contributed by atoms with Crippen molar-refractivity contribution in [3.63, 3.8) is 0 Å². The third-order valence-corrected chi connectivity index (χ3v) is 5.70. The molecule has 0 spiro atoms. The lowest BCUT2D eigenvalue weighted by atomic mass is 9.92. The van der Waals surface area contributed by atoms with E-state index in [4.69, 9.17) is 4.98 Å². The highest BCUT2D eigenvalue weighted by atomic mass is 19.1. The number of benzene rings is 5. The Morgan fingerprint density at radius 3 is 1.55 bits per heavy atom. The Morgan fingerprint density at radius 1 is 0.483 bits per heavy atom. The number of hydrogen-bond donors (Lipinski definition) is 0. The fourth-order valence-electron chi connectivity index (χ4n) is 4.34. The van der Waals surface area contributed by atoms with Crippen LogP contribution < -0.4 is 0 Å². The van der Waals surface area contributed by atoms with E-state index in [-0.39, 0.29) is 5.82 Å². The monoisotopic (exact) mass is 373 g/mol. The first-order chi connectivity index (χ1) is 14.3. The maximum absolute atomic E-state index is 13.6. The van der Waals surface area contributed by atoms with E-state index >= 15 is 0 Å². The molecular formula is C27H16FN. The number of rotatable bonds is 1. The van der Waals surface area contributed by atoms with Crippen molar-refractivity contribution < 1.29 is 4.39 Å². The summed E-state index contributed by atoms with van der Waals surface area (Å²) in [5, 5.41) is 6.75. The Bertz CT molecular complexity index is 1460. The zero-order chi connectivity index (χ0) is 19.4. The van der Waals surface area contributed by atoms with Crippen LogP contribution in [0.2, 0.25) is 0 Å². The molecular weight excluding hydrogens is 357 g/mol. The van der Waals surface area contributed by atoms with Gasteiger partial charge in [0.05, 0.1) is 11.0 Å². The molecule has 0 saturated carbocycles. The Labute approximate surface area is 167 Å². The average Bonchev–Trinajstić information content (AvgIpc) is 2.78. The Hall–Kier alpha value is -3.78. The minimum atomic E-state index is -0.229. The first-order valence-electron chi connectivity index (χ1n) is 9.68. The van der Waals surface area contributed by atoms with Crippen LogP contribution in [0.5, 0.6) is 0 Å². The maximum Gasteiger partial charge on any atom is 0.123 e. The molecule has 1 heterocycles. The lowest BCUT2D eigenvalue weighted by Gasteiger charge is -2.14. The molecule has 0 saturated heterocycles. The van der Waals surface area contributed by atoms with Gasteiger partial charge in [-0.25, -0.2) is 9.37 Å². The van der Waals surface area contributed by atoms with Gasteiger partial charge in [0.25, 0.3) is 0 Å². The summed E-state index contributed by atoms with van der Waals surface area (Å²) in [6, 6.07) is 32.0. The molecule has 5 aromatic carbocycles. The summed E-state index contributed by atoms with van der Waals surface area (Å²) in [6.07, 6.45) is 0. The molecule has 0 unspecified atom stereocenters. The molecule has 0 aliphatic rings. The van der Waals surface area contributed by atoms with Gasteiger partial charge in [0.15, 0.2) is 0 Å². The van der Waals surface area contributed by atoms with Crippen molar-refractivity contribution in [2.75, 3.05) is 0 Å². The van der Waals surface area contributed by atoms with Gasteiger partial charge in [0.2, 0.25) is 0 Å². The summed E-state index contributed by atoms with van der Waals surface area (Å²) in [5.74, 6) is -0.229. The second-order valence-electron chi connectivity index (χ2n) is 7.36. The highest BCUT2D eigenvalue weighted by molar-refractivity contribution is 6.21. The Morgan fingerprint density at radius 2 is 1.00 bits per heavy atom. The highest BCUT2D eigenvalue weighted by Crippen LogP contribution is 2.39. The topological polar surface area (TPSA) is 12.9 Å². The first kappa shape index (κ1) is 16.2. The highest BCUT2D eigenvalue weighted by Gasteiger charge is 2.15. The van der Waals surface area contributed by atoms with Crippen LogP contribution in [-0.4, -0.2) is 4.98 Å². The van der Waals surface area contributed by atoms with Gasteiger partial charge in [-0.1, -0.05) is 84.9 Å². The minimum absolute atomic E-state index is 0.229. The van der Waals surface area contributed by atoms with Gasteiger partial charge in [0.1, 0.15) is 5.82 Å². The molecule has 2 heteroatoms. The van der Waals surface area contributed by atoms with Gasteiger partial charge < -0.3 is 0 Å². The molecule has 0 fully saturated rings. The van der Waals surface area contributed by atoms with Gasteiger partial charge in [0, 0.05) is 27.1 Å². The van der Waals surface area contributed by atoms with Crippen LogP contribution >= 0.6 is 0 Å². The molecule has 1 aromatic heterocycles. The molecule has 0 atom stereocenters. The summed E-state index contributed by atoms with van der Waals surface area (Å²) in [4.78, 5) is 5.16. The zero-order valence-corrected chi connectivity index (χ0v) is 15.6. The molecule has 136 valence electrons. The lowest BCUT2D eigenvalue weighted by molar-refractivity contribution is 0.628. The molecule has 0 bridgehead atoms. The number of fused-ring (bicyclic) bond motifs is 6. The summed E-state index contributed by atoms with van der Waals surface area (Å²) in [7, 11) is 0. The molecule has 1 nitrogen and oxygen atoms in total. The van der Waals surface area contributed by atoms with Crippen molar-refractivity contribution in [1.29, 1.82) is 0 Å². The summed E-state index contributed by atoms with van der Waals surface area (Å²) < 4.78 is 13.6. The molecule has 0 amide bonds. The van der Waals surface area contributed by atoms with Crippen molar-refractivity contribution in [2.45, 2.75) is 0 Å². The van der Waals surface area contributed by atoms with Crippen LogP contribution in [0.1, 0.15) is 0 Å². The van der Waals surface area contributed by atoms with Crippen molar-refractivity contribution in [1.82, 2.24) is 4.98 Å². The van der Waals surface area contributed by atoms with Crippen LogP contribution in [0.3, 0.4) is 0 Å². The maximum atomic E-state index is 13.6. The zero-order valence-electron chi connectivity index (χ0n) is 15.6. The fraction of sp³-hybridized carbons (Fsp3) is 0. The molecule has 6 aromatic rings. The third-order valence-electron chi connectivity index (χ3n) is 5.70. The second kappa shape index (κ2) is 6.11. The number of halogens is 1. The molecule has 0 aliphatic heterocycles. The van der Waals surface area contributed by atoms with E-state index in [0.717, 1.165) is 54.5 Å². The van der Waals surface area contributed by atoms with E-state index in [0.29, 0.717) is 0 Å². The van der Waals surface area contributed by atoms with E-state index in [1.807, 2.05) is 36.4 Å². The Kier molecular flexibility index (Phi) is 3.41. The Balaban J connectivity index is 1.89. The summed E-state index contributed by atoms with van der Waals surface area (Å²) in [5.41, 5.74) is 4.05. The van der Waals surface area contributed by atoms with Gasteiger partial charge in [-0.2, -0.15) is 0 Å². The van der Waals surface area contributed by atoms with Gasteiger partial charge >= 0.3 is 0 Å². The molecule has 6 rings (SSSR count). The normalized spacial score (nSPS) is 11.6. The standard InChI is InChI=1S/C27H16FN/c28-20-13-9-19(10-14-20)25-23-15-11-17-5-1-3-7-21(17)26(23)29-27-22-8-4-2-6-18(22)12-16-24(25)27/h1-16H. The average molecular weight is 373 g/mol. The van der Waals surface area contributed by atoms with E-state index < -0.39 is 0 Å². The predicted octanol–water partition coefficient (Wildman–Crippen LogP) is 7.50. The van der Waals surface area contributed by atoms with E-state index in [1.165, 1.54) is 12.1 Å². The lowest BCUT2D eigenvalue weighted by Crippen LogP contribution is -1.92. The molecule has 0 N–H and O–H groups in total. The van der Waals surface area contributed by atoms with Gasteiger partial charge in [-0.05, 0) is 28.5 Å². The van der Waals surface area contributed by atoms with Crippen molar-refractivity contribution in [3.8, 4) is 11.1 Å². The van der Waals surface area contributed by atoms with Crippen LogP contribution in [0.4, 0.5) is 4.39 Å². The minimum Gasteiger partial charge on any atom is -0.246 e. The van der Waals surface area contributed by atoms with Crippen LogP contribution in [-0.2, 0) is 0 Å². The van der Waals surface area contributed by atoms with Crippen molar-refractivity contribution in [3.05, 3.63) is 103 Å². The molecule has 0 aliphatic carbocycles. The van der Waals surface area contributed by atoms with Crippen LogP contribution in [0.25, 0.3) is 54.5 Å². The predicted molar refractivity (Wildman–Crippen MR) is 120 cm³/mol. The second-order valence-corrected chi connectivity index (χ2v) is 7.36. The number of hydrogen-bond acceptors (Lipinski definition) is 1. The molecule has 29 heavy (non-hydrogen) atoms. The number of aromatic nitrogens is 1. The van der Waals surface area contributed by atoms with Crippen molar-refractivity contribution >= 4 is 43.4 Å². The third kappa shape index (κ3) is 2.43. The van der Waals surface area contributed by atoms with Crippen molar-refractivity contribution in [2.24, 2.45) is 0 Å².